The maximum atomic E-state index is 12.5. The maximum Gasteiger partial charge on any atom is 0.265 e. The Bertz CT molecular complexity index is 430. The van der Waals surface area contributed by atoms with E-state index in [2.05, 4.69) is 4.98 Å². The second-order valence-electron chi connectivity index (χ2n) is 2.42. The fourth-order valence-corrected chi connectivity index (χ4v) is 1.64. The van der Waals surface area contributed by atoms with Crippen molar-refractivity contribution in [3.63, 3.8) is 0 Å². The number of amides is 1. The van der Waals surface area contributed by atoms with Gasteiger partial charge in [-0.3, -0.25) is 9.59 Å². The van der Waals surface area contributed by atoms with E-state index in [0.717, 1.165) is 6.20 Å². The number of aromatic amines is 1. The summed E-state index contributed by atoms with van der Waals surface area (Å²) in [5.41, 5.74) is 2.65. The summed E-state index contributed by atoms with van der Waals surface area (Å²) in [5, 5.41) is 0. The number of H-pyrrole nitrogens is 1. The fourth-order valence-electron chi connectivity index (χ4n) is 0.979. The number of hydrogen-bond acceptors (Lipinski definition) is 2. The molecule has 1 aromatic heterocycles. The van der Waals surface area contributed by atoms with Crippen LogP contribution in [0.4, 0.5) is 8.78 Å². The monoisotopic (exact) mass is 314 g/mol. The zero-order chi connectivity index (χ0) is 10.9. The van der Waals surface area contributed by atoms with Crippen LogP contribution in [0, 0.1) is 3.57 Å². The molecule has 0 spiro atoms. The van der Waals surface area contributed by atoms with E-state index >= 15 is 0 Å². The summed E-state index contributed by atoms with van der Waals surface area (Å²) in [4.78, 5) is 24.0. The van der Waals surface area contributed by atoms with Crippen molar-refractivity contribution in [1.82, 2.24) is 4.98 Å². The first-order valence-electron chi connectivity index (χ1n) is 3.44. The summed E-state index contributed by atoms with van der Waals surface area (Å²) >= 11 is 1.59. The molecule has 0 bridgehead atoms. The third-order valence-corrected chi connectivity index (χ3v) is 2.44. The Morgan fingerprint density at radius 2 is 2.14 bits per heavy atom. The van der Waals surface area contributed by atoms with Crippen LogP contribution in [0.3, 0.4) is 0 Å². The van der Waals surface area contributed by atoms with Gasteiger partial charge in [0.15, 0.2) is 0 Å². The number of nitrogens with one attached hydrogen (secondary N) is 1. The standard InChI is InChI=1S/C7H5F2IN2O2/c8-5(9)3-2(10)1-12-7(14)4(3)6(11)13/h1,5H,(H2,11,13)(H,12,14). The van der Waals surface area contributed by atoms with Crippen molar-refractivity contribution in [2.75, 3.05) is 0 Å². The van der Waals surface area contributed by atoms with E-state index in [9.17, 15) is 18.4 Å². The molecule has 76 valence electrons. The van der Waals surface area contributed by atoms with Crippen LogP contribution in [0.2, 0.25) is 0 Å². The van der Waals surface area contributed by atoms with Gasteiger partial charge in [-0.1, -0.05) is 0 Å². The Morgan fingerprint density at radius 3 is 2.50 bits per heavy atom. The van der Waals surface area contributed by atoms with Crippen molar-refractivity contribution >= 4 is 28.5 Å². The van der Waals surface area contributed by atoms with Crippen molar-refractivity contribution < 1.29 is 13.6 Å². The molecule has 3 N–H and O–H groups in total. The number of alkyl halides is 2. The molecule has 0 aliphatic carbocycles. The molecule has 0 aromatic carbocycles. The summed E-state index contributed by atoms with van der Waals surface area (Å²) in [5.74, 6) is -1.15. The van der Waals surface area contributed by atoms with Crippen LogP contribution in [-0.2, 0) is 0 Å². The number of carbonyl (C=O) groups is 1. The fraction of sp³-hybridized carbons (Fsp3) is 0.143. The van der Waals surface area contributed by atoms with E-state index in [1.807, 2.05) is 0 Å². The first-order valence-corrected chi connectivity index (χ1v) is 4.52. The van der Waals surface area contributed by atoms with Gasteiger partial charge in [0.2, 0.25) is 0 Å². The number of aromatic nitrogens is 1. The van der Waals surface area contributed by atoms with Gasteiger partial charge in [-0.25, -0.2) is 8.78 Å². The van der Waals surface area contributed by atoms with Crippen molar-refractivity contribution in [3.05, 3.63) is 31.2 Å². The van der Waals surface area contributed by atoms with Gasteiger partial charge in [0.1, 0.15) is 5.56 Å². The lowest BCUT2D eigenvalue weighted by molar-refractivity contribution is 0.0983. The van der Waals surface area contributed by atoms with Gasteiger partial charge in [-0.2, -0.15) is 0 Å². The van der Waals surface area contributed by atoms with Crippen LogP contribution < -0.4 is 11.3 Å². The lowest BCUT2D eigenvalue weighted by atomic mass is 10.1. The SMILES string of the molecule is NC(=O)c1c(C(F)F)c(I)c[nH]c1=O. The lowest BCUT2D eigenvalue weighted by Crippen LogP contribution is -2.26. The van der Waals surface area contributed by atoms with Gasteiger partial charge in [0.25, 0.3) is 17.9 Å². The minimum absolute atomic E-state index is 0.103. The third kappa shape index (κ3) is 1.91. The molecule has 4 nitrogen and oxygen atoms in total. The third-order valence-electron chi connectivity index (χ3n) is 1.55. The largest absolute Gasteiger partial charge is 0.365 e. The van der Waals surface area contributed by atoms with E-state index < -0.39 is 29.0 Å². The molecule has 1 amide bonds. The molecule has 0 radical (unpaired) electrons. The molecule has 14 heavy (non-hydrogen) atoms. The molecular weight excluding hydrogens is 309 g/mol. The first kappa shape index (κ1) is 11.1. The normalized spacial score (nSPS) is 10.6. The molecule has 1 heterocycles. The highest BCUT2D eigenvalue weighted by Crippen LogP contribution is 2.25. The van der Waals surface area contributed by atoms with E-state index in [1.54, 1.807) is 22.6 Å². The highest BCUT2D eigenvalue weighted by Gasteiger charge is 2.22. The van der Waals surface area contributed by atoms with Crippen LogP contribution in [-0.4, -0.2) is 10.9 Å². The number of halogens is 3. The molecule has 0 atom stereocenters. The predicted octanol–water partition coefficient (Wildman–Crippen LogP) is 1.02. The Labute approximate surface area is 90.6 Å². The maximum absolute atomic E-state index is 12.5. The Kier molecular flexibility index (Phi) is 3.19. The molecule has 0 saturated carbocycles. The van der Waals surface area contributed by atoms with Crippen LogP contribution >= 0.6 is 22.6 Å². The number of hydrogen-bond donors (Lipinski definition) is 2. The molecule has 0 unspecified atom stereocenters. The zero-order valence-electron chi connectivity index (χ0n) is 6.68. The highest BCUT2D eigenvalue weighted by molar-refractivity contribution is 14.1. The van der Waals surface area contributed by atoms with Gasteiger partial charge in [-0.15, -0.1) is 0 Å². The van der Waals surface area contributed by atoms with Crippen LogP contribution in [0.15, 0.2) is 11.0 Å². The van der Waals surface area contributed by atoms with Crippen molar-refractivity contribution in [2.45, 2.75) is 6.43 Å². The van der Waals surface area contributed by atoms with Gasteiger partial charge in [-0.05, 0) is 22.6 Å². The van der Waals surface area contributed by atoms with Crippen molar-refractivity contribution in [3.8, 4) is 0 Å². The smallest absolute Gasteiger partial charge is 0.265 e. The summed E-state index contributed by atoms with van der Waals surface area (Å²) in [6, 6.07) is 0. The highest BCUT2D eigenvalue weighted by atomic mass is 127. The predicted molar refractivity (Wildman–Crippen MR) is 53.3 cm³/mol. The lowest BCUT2D eigenvalue weighted by Gasteiger charge is -2.06. The second-order valence-corrected chi connectivity index (χ2v) is 3.58. The van der Waals surface area contributed by atoms with Crippen molar-refractivity contribution in [2.24, 2.45) is 5.73 Å². The summed E-state index contributed by atoms with van der Waals surface area (Å²) in [6.07, 6.45) is -1.79. The van der Waals surface area contributed by atoms with E-state index in [0.29, 0.717) is 0 Å². The minimum atomic E-state index is -2.90. The van der Waals surface area contributed by atoms with Gasteiger partial charge < -0.3 is 10.7 Å². The molecule has 0 aliphatic heterocycles. The van der Waals surface area contributed by atoms with Gasteiger partial charge >= 0.3 is 0 Å². The molecule has 0 saturated heterocycles. The van der Waals surface area contributed by atoms with Gasteiger partial charge in [0, 0.05) is 9.77 Å². The van der Waals surface area contributed by atoms with Gasteiger partial charge in [0.05, 0.1) is 5.56 Å². The van der Waals surface area contributed by atoms with E-state index in [1.165, 1.54) is 0 Å². The quantitative estimate of drug-likeness (QED) is 0.800. The Balaban J connectivity index is 3.58. The number of pyridine rings is 1. The molecule has 0 fully saturated rings. The molecule has 0 aliphatic rings. The average molecular weight is 314 g/mol. The summed E-state index contributed by atoms with van der Waals surface area (Å²) in [7, 11) is 0. The Morgan fingerprint density at radius 1 is 1.57 bits per heavy atom. The topological polar surface area (TPSA) is 76.0 Å². The van der Waals surface area contributed by atoms with Crippen LogP contribution in [0.5, 0.6) is 0 Å². The number of primary amides is 1. The minimum Gasteiger partial charge on any atom is -0.365 e. The molecule has 1 aromatic rings. The number of rotatable bonds is 2. The van der Waals surface area contributed by atoms with Crippen LogP contribution in [0.25, 0.3) is 0 Å². The number of nitrogens with two attached hydrogens (primary N) is 1. The summed E-state index contributed by atoms with van der Waals surface area (Å²) in [6.45, 7) is 0. The molecule has 1 rings (SSSR count). The zero-order valence-corrected chi connectivity index (χ0v) is 8.84. The van der Waals surface area contributed by atoms with E-state index in [-0.39, 0.29) is 3.57 Å². The first-order chi connectivity index (χ1) is 6.45. The summed E-state index contributed by atoms with van der Waals surface area (Å²) < 4.78 is 25.0. The average Bonchev–Trinajstić information content (AvgIpc) is 2.07. The van der Waals surface area contributed by atoms with Crippen molar-refractivity contribution in [1.29, 1.82) is 0 Å². The van der Waals surface area contributed by atoms with Crippen LogP contribution in [0.1, 0.15) is 22.3 Å². The molecule has 7 heteroatoms. The molecular formula is C7H5F2IN2O2. The second kappa shape index (κ2) is 4.03. The van der Waals surface area contributed by atoms with E-state index in [4.69, 9.17) is 5.73 Å². The Hall–Kier alpha value is -0.990. The number of carbonyl (C=O) groups excluding carboxylic acids is 1.